The Hall–Kier alpha value is -5.62. The molecule has 0 radical (unpaired) electrons. The molecule has 0 unspecified atom stereocenters. The van der Waals surface area contributed by atoms with Gasteiger partial charge in [-0.05, 0) is 32.0 Å². The molecule has 8 bridgehead atoms. The Balaban J connectivity index is 1.47. The summed E-state index contributed by atoms with van der Waals surface area (Å²) in [6.45, 7) is 2.86. The number of hydrogen-bond donors (Lipinski definition) is 3. The highest BCUT2D eigenvalue weighted by Gasteiger charge is 2.33. The standard InChI is InChI=1S/C38H25Cl3N8O3/c1-38(2,37(50)51)16-52-28-26(40)24-23(25(39)27(28)41)33-45-31-18-11-5-4-10-17(18)29(43-31)42-30-19-12-6-7-13-20(19)32(44-30)47-35-21-14-8-9-15-22(21)36(49(35)3)48-34(24)46-33/h4-15H,16H2,1-3H3,(H2,42,43,44,45,46,47,48,50,51)/p+1. The number of halogens is 3. The van der Waals surface area contributed by atoms with Crippen molar-refractivity contribution in [2.24, 2.45) is 12.5 Å². The van der Waals surface area contributed by atoms with Crippen molar-refractivity contribution >= 4 is 84.9 Å². The number of H-pyrrole nitrogens is 2. The lowest BCUT2D eigenvalue weighted by Crippen LogP contribution is -2.30. The van der Waals surface area contributed by atoms with E-state index in [9.17, 15) is 9.90 Å². The van der Waals surface area contributed by atoms with E-state index in [1.165, 1.54) is 0 Å². The summed E-state index contributed by atoms with van der Waals surface area (Å²) in [5.41, 5.74) is 3.86. The lowest BCUT2D eigenvalue weighted by molar-refractivity contribution is -0.650. The lowest BCUT2D eigenvalue weighted by Gasteiger charge is -2.21. The Labute approximate surface area is 309 Å². The lowest BCUT2D eigenvalue weighted by atomic mass is 9.95. The van der Waals surface area contributed by atoms with Crippen molar-refractivity contribution in [1.29, 1.82) is 0 Å². The third kappa shape index (κ3) is 4.84. The summed E-state index contributed by atoms with van der Waals surface area (Å²) in [5.74, 6) is 1.07. The molecule has 52 heavy (non-hydrogen) atoms. The molecule has 3 aromatic heterocycles. The molecule has 0 aliphatic carbocycles. The van der Waals surface area contributed by atoms with E-state index in [2.05, 4.69) is 9.97 Å². The third-order valence-corrected chi connectivity index (χ3v) is 10.6. The van der Waals surface area contributed by atoms with Crippen LogP contribution >= 0.6 is 34.8 Å². The smallest absolute Gasteiger partial charge is 0.312 e. The summed E-state index contributed by atoms with van der Waals surface area (Å²) >= 11 is 21.0. The van der Waals surface area contributed by atoms with Crippen molar-refractivity contribution in [3.63, 3.8) is 0 Å². The number of nitrogens with one attached hydrogen (secondary N) is 2. The van der Waals surface area contributed by atoms with E-state index in [0.29, 0.717) is 56.7 Å². The number of carboxylic acids is 1. The average molecular weight is 749 g/mol. The van der Waals surface area contributed by atoms with Gasteiger partial charge >= 0.3 is 5.97 Å². The van der Waals surface area contributed by atoms with Crippen molar-refractivity contribution in [1.82, 2.24) is 34.9 Å². The summed E-state index contributed by atoms with van der Waals surface area (Å²) in [5, 5.41) is 12.5. The number of fused-ring (bicyclic) bond motifs is 20. The Morgan fingerprint density at radius 3 is 1.73 bits per heavy atom. The van der Waals surface area contributed by atoms with Crippen LogP contribution in [0.5, 0.6) is 5.75 Å². The number of aromatic amines is 2. The van der Waals surface area contributed by atoms with Gasteiger partial charge < -0.3 is 19.8 Å². The number of rotatable bonds is 4. The molecule has 0 saturated carbocycles. The second-order valence-corrected chi connectivity index (χ2v) is 14.3. The Morgan fingerprint density at radius 1 is 0.673 bits per heavy atom. The number of aliphatic carboxylic acids is 1. The molecule has 5 heterocycles. The monoisotopic (exact) mass is 747 g/mol. The van der Waals surface area contributed by atoms with Gasteiger partial charge in [0.2, 0.25) is 11.3 Å². The van der Waals surface area contributed by atoms with Crippen LogP contribution in [0, 0.1) is 5.41 Å². The van der Waals surface area contributed by atoms with Crippen LogP contribution in [0.15, 0.2) is 72.8 Å². The minimum atomic E-state index is -1.25. The van der Waals surface area contributed by atoms with E-state index < -0.39 is 11.4 Å². The first-order chi connectivity index (χ1) is 25.0. The normalized spacial score (nSPS) is 12.3. The maximum atomic E-state index is 11.9. The van der Waals surface area contributed by atoms with E-state index in [1.54, 1.807) is 13.8 Å². The fourth-order valence-corrected chi connectivity index (χ4v) is 7.44. The van der Waals surface area contributed by atoms with Crippen molar-refractivity contribution in [2.45, 2.75) is 13.8 Å². The van der Waals surface area contributed by atoms with Crippen molar-refractivity contribution < 1.29 is 19.2 Å². The quantitative estimate of drug-likeness (QED) is 0.120. The van der Waals surface area contributed by atoms with E-state index in [1.807, 2.05) is 84.4 Å². The van der Waals surface area contributed by atoms with Gasteiger partial charge in [-0.15, -0.1) is 0 Å². The van der Waals surface area contributed by atoms with Gasteiger partial charge in [0.1, 0.15) is 22.9 Å². The highest BCUT2D eigenvalue weighted by Crippen LogP contribution is 2.48. The third-order valence-electron chi connectivity index (χ3n) is 9.36. The molecule has 9 rings (SSSR count). The first kappa shape index (κ1) is 32.3. The van der Waals surface area contributed by atoms with Gasteiger partial charge in [-0.1, -0.05) is 99.4 Å². The zero-order valence-corrected chi connectivity index (χ0v) is 30.0. The van der Waals surface area contributed by atoms with Gasteiger partial charge in [0.15, 0.2) is 17.4 Å². The summed E-state index contributed by atoms with van der Waals surface area (Å²) in [7, 11) is 1.89. The van der Waals surface area contributed by atoms with Crippen molar-refractivity contribution in [2.75, 3.05) is 6.61 Å². The molecule has 0 amide bonds. The predicted molar refractivity (Wildman–Crippen MR) is 201 cm³/mol. The van der Waals surface area contributed by atoms with E-state index in [0.717, 1.165) is 33.0 Å². The molecule has 7 aromatic rings. The molecule has 2 aliphatic heterocycles. The van der Waals surface area contributed by atoms with Crippen molar-refractivity contribution in [3.05, 3.63) is 87.9 Å². The average Bonchev–Trinajstić information content (AvgIpc) is 3.85. The number of aromatic nitrogens is 8. The number of carbonyl (C=O) groups is 1. The second-order valence-electron chi connectivity index (χ2n) is 13.2. The summed E-state index contributed by atoms with van der Waals surface area (Å²) in [6, 6.07) is 23.5. The van der Waals surface area contributed by atoms with Crippen LogP contribution in [0.25, 0.3) is 89.7 Å². The number of hydrogen-bond acceptors (Lipinski definition) is 7. The van der Waals surface area contributed by atoms with Crippen LogP contribution < -0.4 is 9.30 Å². The second kappa shape index (κ2) is 11.7. The maximum Gasteiger partial charge on any atom is 0.312 e. The van der Waals surface area contributed by atoms with Crippen LogP contribution in [0.1, 0.15) is 13.8 Å². The molecule has 0 atom stereocenters. The van der Waals surface area contributed by atoms with Crippen LogP contribution in [0.2, 0.25) is 15.1 Å². The predicted octanol–water partition coefficient (Wildman–Crippen LogP) is 8.75. The molecule has 0 spiro atoms. The Bertz CT molecular complexity index is 2880. The van der Waals surface area contributed by atoms with Gasteiger partial charge in [0.25, 0.3) is 11.6 Å². The van der Waals surface area contributed by atoms with Gasteiger partial charge in [-0.2, -0.15) is 0 Å². The van der Waals surface area contributed by atoms with Crippen molar-refractivity contribution in [3.8, 4) is 51.3 Å². The fraction of sp³-hybridized carbons (Fsp3) is 0.132. The minimum absolute atomic E-state index is 0.00357. The van der Waals surface area contributed by atoms with Crippen LogP contribution in [-0.2, 0) is 11.8 Å². The summed E-state index contributed by atoms with van der Waals surface area (Å²) in [6.07, 6.45) is 0. The SMILES string of the molecule is C[n+]1c2nc3[nH]c(nc4nc(nc5[nH]c(nc1-c1ccccc1-2)c1c(Cl)c(OCC(C)(C)C(=O)O)c(Cl)c(Cl)c51)-c1ccccc1-4)c1ccccc31. The van der Waals surface area contributed by atoms with Gasteiger partial charge in [0.05, 0.1) is 44.4 Å². The molecule has 0 saturated heterocycles. The van der Waals surface area contributed by atoms with E-state index in [-0.39, 0.29) is 27.4 Å². The molecule has 3 N–H and O–H groups in total. The van der Waals surface area contributed by atoms with Gasteiger partial charge in [-0.3, -0.25) is 4.79 Å². The van der Waals surface area contributed by atoms with E-state index in [4.69, 9.17) is 64.5 Å². The highest BCUT2D eigenvalue weighted by molar-refractivity contribution is 6.51. The topological polar surface area (TPSA) is 146 Å². The molecular weight excluding hydrogens is 723 g/mol. The van der Waals surface area contributed by atoms with Gasteiger partial charge in [0, 0.05) is 21.9 Å². The van der Waals surface area contributed by atoms with E-state index >= 15 is 0 Å². The Kier molecular flexibility index (Phi) is 7.27. The maximum absolute atomic E-state index is 11.9. The van der Waals surface area contributed by atoms with Crippen LogP contribution in [0.4, 0.5) is 0 Å². The summed E-state index contributed by atoms with van der Waals surface area (Å²) < 4.78 is 7.92. The number of nitrogens with zero attached hydrogens (tertiary/aromatic N) is 6. The number of benzene rings is 4. The molecule has 4 aromatic carbocycles. The molecule has 14 heteroatoms. The molecular formula is C38H26Cl3N8O3+. The van der Waals surface area contributed by atoms with Gasteiger partial charge in [-0.25, -0.2) is 19.5 Å². The fourth-order valence-electron chi connectivity index (χ4n) is 6.54. The largest absolute Gasteiger partial charge is 0.489 e. The van der Waals surface area contributed by atoms with Crippen LogP contribution in [0.3, 0.4) is 0 Å². The molecule has 256 valence electrons. The molecule has 2 aliphatic rings. The van der Waals surface area contributed by atoms with Crippen LogP contribution in [-0.4, -0.2) is 52.6 Å². The number of ether oxygens (including phenoxy) is 1. The first-order valence-corrected chi connectivity index (χ1v) is 17.3. The zero-order valence-electron chi connectivity index (χ0n) is 27.7. The molecule has 11 nitrogen and oxygen atoms in total. The number of carboxylic acid groups (broad SMARTS) is 1. The first-order valence-electron chi connectivity index (χ1n) is 16.2. The highest BCUT2D eigenvalue weighted by atomic mass is 35.5. The summed E-state index contributed by atoms with van der Waals surface area (Å²) in [4.78, 5) is 44.0. The minimum Gasteiger partial charge on any atom is -0.489 e. The molecule has 0 fully saturated rings. The zero-order chi connectivity index (χ0) is 36.1. The Morgan fingerprint density at radius 2 is 1.13 bits per heavy atom.